The Labute approximate surface area is 176 Å². The topological polar surface area (TPSA) is 94.0 Å². The van der Waals surface area contributed by atoms with Gasteiger partial charge in [0.05, 0.1) is 0 Å². The Balaban J connectivity index is 0.00000240. The Morgan fingerprint density at radius 1 is 1.31 bits per heavy atom. The normalized spacial score (nSPS) is 27.0. The monoisotopic (exact) mass is 422 g/mol. The van der Waals surface area contributed by atoms with E-state index in [1.165, 1.54) is 12.5 Å². The van der Waals surface area contributed by atoms with E-state index in [9.17, 15) is 9.18 Å². The Hall–Kier alpha value is -1.99. The van der Waals surface area contributed by atoms with Gasteiger partial charge in [-0.05, 0) is 75.1 Å². The number of nitrogens with one attached hydrogen (secondary N) is 1. The molecule has 0 saturated heterocycles. The average Bonchev–Trinajstić information content (AvgIpc) is 3.14. The Morgan fingerprint density at radius 2 is 2.00 bits per heavy atom. The fourth-order valence-electron chi connectivity index (χ4n) is 4.71. The molecule has 0 radical (unpaired) electrons. The molecule has 8 heteroatoms. The van der Waals surface area contributed by atoms with Gasteiger partial charge in [-0.2, -0.15) is 4.98 Å². The van der Waals surface area contributed by atoms with Gasteiger partial charge in [0, 0.05) is 17.5 Å². The molecule has 1 aromatic carbocycles. The molecule has 2 saturated carbocycles. The molecular formula is C21H28ClFN4O2. The van der Waals surface area contributed by atoms with Gasteiger partial charge in [0.2, 0.25) is 17.6 Å². The molecule has 1 amide bonds. The number of rotatable bonds is 4. The van der Waals surface area contributed by atoms with E-state index in [4.69, 9.17) is 10.3 Å². The first-order valence-corrected chi connectivity index (χ1v) is 10.1. The first-order chi connectivity index (χ1) is 13.4. The van der Waals surface area contributed by atoms with Crippen molar-refractivity contribution in [3.8, 4) is 11.4 Å². The third-order valence-electron chi connectivity index (χ3n) is 6.37. The maximum absolute atomic E-state index is 13.5. The molecule has 2 bridgehead atoms. The highest BCUT2D eigenvalue weighted by atomic mass is 35.5. The number of amides is 1. The quantitative estimate of drug-likeness (QED) is 0.778. The molecule has 3 N–H and O–H groups in total. The lowest BCUT2D eigenvalue weighted by molar-refractivity contribution is -0.128. The number of aromatic nitrogens is 2. The van der Waals surface area contributed by atoms with E-state index in [2.05, 4.69) is 15.5 Å². The van der Waals surface area contributed by atoms with E-state index in [0.717, 1.165) is 25.7 Å². The van der Waals surface area contributed by atoms with Gasteiger partial charge < -0.3 is 15.6 Å². The summed E-state index contributed by atoms with van der Waals surface area (Å²) in [5.74, 6) is 1.40. The van der Waals surface area contributed by atoms with Crippen molar-refractivity contribution >= 4 is 18.3 Å². The summed E-state index contributed by atoms with van der Waals surface area (Å²) in [4.78, 5) is 17.2. The van der Waals surface area contributed by atoms with E-state index in [1.54, 1.807) is 19.1 Å². The highest BCUT2D eigenvalue weighted by Crippen LogP contribution is 2.42. The molecule has 3 unspecified atom stereocenters. The lowest BCUT2D eigenvalue weighted by Crippen LogP contribution is -2.49. The third kappa shape index (κ3) is 4.46. The Kier molecular flexibility index (Phi) is 6.58. The summed E-state index contributed by atoms with van der Waals surface area (Å²) < 4.78 is 18.8. The van der Waals surface area contributed by atoms with Crippen LogP contribution in [0.3, 0.4) is 0 Å². The van der Waals surface area contributed by atoms with Crippen LogP contribution < -0.4 is 11.1 Å². The number of aryl methyl sites for hydroxylation is 1. The summed E-state index contributed by atoms with van der Waals surface area (Å²) >= 11 is 0. The summed E-state index contributed by atoms with van der Waals surface area (Å²) in [6.45, 7) is 3.52. The van der Waals surface area contributed by atoms with Gasteiger partial charge in [-0.25, -0.2) is 4.39 Å². The number of hydrogen-bond donors (Lipinski definition) is 2. The number of nitrogens with two attached hydrogens (primary N) is 1. The second kappa shape index (κ2) is 8.79. The van der Waals surface area contributed by atoms with Crippen LogP contribution >= 0.6 is 12.4 Å². The van der Waals surface area contributed by atoms with Gasteiger partial charge in [0.25, 0.3) is 0 Å². The van der Waals surface area contributed by atoms with Crippen molar-refractivity contribution in [3.05, 3.63) is 35.5 Å². The Bertz CT molecular complexity index is 860. The maximum Gasteiger partial charge on any atom is 0.249 e. The van der Waals surface area contributed by atoms with Crippen LogP contribution in [0.4, 0.5) is 4.39 Å². The molecule has 29 heavy (non-hydrogen) atoms. The minimum atomic E-state index is -0.384. The summed E-state index contributed by atoms with van der Waals surface area (Å²) in [5, 5.41) is 7.00. The highest BCUT2D eigenvalue weighted by Gasteiger charge is 2.40. The number of carbonyl (C=O) groups excluding carboxylic acids is 1. The van der Waals surface area contributed by atoms with Crippen LogP contribution in [-0.2, 0) is 4.79 Å². The zero-order valence-electron chi connectivity index (χ0n) is 16.7. The lowest BCUT2D eigenvalue weighted by atomic mass is 9.65. The third-order valence-corrected chi connectivity index (χ3v) is 6.37. The minimum Gasteiger partial charge on any atom is -0.344 e. The number of carbonyl (C=O) groups is 1. The maximum atomic E-state index is 13.5. The van der Waals surface area contributed by atoms with Crippen LogP contribution in [0.2, 0.25) is 0 Å². The van der Waals surface area contributed by atoms with Crippen LogP contribution in [0.5, 0.6) is 0 Å². The summed E-state index contributed by atoms with van der Waals surface area (Å²) in [6, 6.07) is 4.54. The minimum absolute atomic E-state index is 0. The molecule has 2 aliphatic carbocycles. The SMILES string of the molecule is Cc1cc(-c2noc(C(C)NC(=O)C3CC4CCCC(C3)C4N)n2)ccc1F.Cl. The second-order valence-electron chi connectivity index (χ2n) is 8.35. The number of nitrogens with zero attached hydrogens (tertiary/aromatic N) is 2. The molecule has 1 heterocycles. The second-order valence-corrected chi connectivity index (χ2v) is 8.35. The van der Waals surface area contributed by atoms with Gasteiger partial charge in [0.1, 0.15) is 11.9 Å². The molecule has 4 rings (SSSR count). The van der Waals surface area contributed by atoms with Crippen LogP contribution in [0.15, 0.2) is 22.7 Å². The van der Waals surface area contributed by atoms with Crippen molar-refractivity contribution < 1.29 is 13.7 Å². The van der Waals surface area contributed by atoms with Crippen LogP contribution in [0, 0.1) is 30.5 Å². The van der Waals surface area contributed by atoms with Crippen LogP contribution in [-0.4, -0.2) is 22.1 Å². The zero-order chi connectivity index (χ0) is 19.8. The first-order valence-electron chi connectivity index (χ1n) is 10.1. The summed E-state index contributed by atoms with van der Waals surface area (Å²) in [5.41, 5.74) is 7.53. The van der Waals surface area contributed by atoms with Crippen molar-refractivity contribution in [2.75, 3.05) is 0 Å². The van der Waals surface area contributed by atoms with E-state index in [-0.39, 0.29) is 42.1 Å². The van der Waals surface area contributed by atoms with Gasteiger partial charge in [-0.1, -0.05) is 11.6 Å². The number of fused-ring (bicyclic) bond motifs is 2. The number of benzene rings is 1. The van der Waals surface area contributed by atoms with Crippen molar-refractivity contribution in [3.63, 3.8) is 0 Å². The van der Waals surface area contributed by atoms with Crippen molar-refractivity contribution in [2.24, 2.45) is 23.5 Å². The molecule has 158 valence electrons. The lowest BCUT2D eigenvalue weighted by Gasteiger charge is -2.43. The van der Waals surface area contributed by atoms with E-state index in [0.29, 0.717) is 34.7 Å². The van der Waals surface area contributed by atoms with Gasteiger partial charge in [-0.3, -0.25) is 4.79 Å². The fraction of sp³-hybridized carbons (Fsp3) is 0.571. The fourth-order valence-corrected chi connectivity index (χ4v) is 4.71. The molecule has 2 aromatic rings. The summed E-state index contributed by atoms with van der Waals surface area (Å²) in [7, 11) is 0. The predicted molar refractivity (Wildman–Crippen MR) is 110 cm³/mol. The largest absolute Gasteiger partial charge is 0.344 e. The van der Waals surface area contributed by atoms with Crippen molar-refractivity contribution in [2.45, 2.75) is 58.0 Å². The molecule has 2 fully saturated rings. The van der Waals surface area contributed by atoms with Crippen LogP contribution in [0.1, 0.15) is 56.5 Å². The Morgan fingerprint density at radius 3 is 2.66 bits per heavy atom. The average molecular weight is 423 g/mol. The van der Waals surface area contributed by atoms with Gasteiger partial charge in [-0.15, -0.1) is 12.4 Å². The molecule has 1 aromatic heterocycles. The van der Waals surface area contributed by atoms with Crippen LogP contribution in [0.25, 0.3) is 11.4 Å². The van der Waals surface area contributed by atoms with E-state index >= 15 is 0 Å². The molecule has 0 aliphatic heterocycles. The standard InChI is InChI=1S/C21H27FN4O2.ClH/c1-11-8-15(6-7-17(11)22)19-25-21(28-26-19)12(2)24-20(27)16-9-13-4-3-5-14(10-16)18(13)23;/h6-8,12-14,16,18H,3-5,9-10,23H2,1-2H3,(H,24,27);1H. The molecule has 3 atom stereocenters. The molecular weight excluding hydrogens is 395 g/mol. The number of hydrogen-bond acceptors (Lipinski definition) is 5. The zero-order valence-corrected chi connectivity index (χ0v) is 17.5. The van der Waals surface area contributed by atoms with Crippen molar-refractivity contribution in [1.29, 1.82) is 0 Å². The predicted octanol–water partition coefficient (Wildman–Crippen LogP) is 3.94. The smallest absolute Gasteiger partial charge is 0.249 e. The molecule has 0 spiro atoms. The van der Waals surface area contributed by atoms with E-state index < -0.39 is 0 Å². The molecule has 2 aliphatic rings. The molecule has 6 nitrogen and oxygen atoms in total. The first kappa shape index (κ1) is 21.7. The van der Waals surface area contributed by atoms with Gasteiger partial charge in [0.15, 0.2) is 0 Å². The summed E-state index contributed by atoms with van der Waals surface area (Å²) in [6.07, 6.45) is 5.20. The highest BCUT2D eigenvalue weighted by molar-refractivity contribution is 5.85. The van der Waals surface area contributed by atoms with Crippen molar-refractivity contribution in [1.82, 2.24) is 15.5 Å². The van der Waals surface area contributed by atoms with Gasteiger partial charge >= 0.3 is 0 Å². The van der Waals surface area contributed by atoms with E-state index in [1.807, 2.05) is 6.92 Å². The number of halogens is 2.